The lowest BCUT2D eigenvalue weighted by atomic mass is 9.93. The second-order valence-corrected chi connectivity index (χ2v) is 9.28. The van der Waals surface area contributed by atoms with Gasteiger partial charge in [-0.1, -0.05) is 36.4 Å². The SMILES string of the molecule is Nc1ccc(-c2cnc3[nH]c4ccc(CSc5ccccc5)cc4c3c2-c2ccncc2)cc1. The zero-order valence-corrected chi connectivity index (χ0v) is 19.2. The van der Waals surface area contributed by atoms with E-state index in [4.69, 9.17) is 10.7 Å². The van der Waals surface area contributed by atoms with Crippen LogP contribution in [0.3, 0.4) is 0 Å². The number of H-pyrrole nitrogens is 1. The van der Waals surface area contributed by atoms with Crippen molar-refractivity contribution in [2.45, 2.75) is 10.6 Å². The molecule has 0 saturated heterocycles. The Balaban J connectivity index is 1.55. The summed E-state index contributed by atoms with van der Waals surface area (Å²) in [6.45, 7) is 0. The molecule has 0 saturated carbocycles. The van der Waals surface area contributed by atoms with Gasteiger partial charge in [-0.05, 0) is 65.2 Å². The lowest BCUT2D eigenvalue weighted by Crippen LogP contribution is -1.91. The molecule has 164 valence electrons. The summed E-state index contributed by atoms with van der Waals surface area (Å²) < 4.78 is 0. The van der Waals surface area contributed by atoms with E-state index in [0.29, 0.717) is 0 Å². The molecule has 3 N–H and O–H groups in total. The van der Waals surface area contributed by atoms with E-state index >= 15 is 0 Å². The fourth-order valence-corrected chi connectivity index (χ4v) is 5.24. The van der Waals surface area contributed by atoms with E-state index in [-0.39, 0.29) is 0 Å². The number of hydrogen-bond donors (Lipinski definition) is 2. The highest BCUT2D eigenvalue weighted by molar-refractivity contribution is 7.98. The van der Waals surface area contributed by atoms with E-state index in [0.717, 1.165) is 50.2 Å². The van der Waals surface area contributed by atoms with Crippen LogP contribution in [0.25, 0.3) is 44.2 Å². The minimum absolute atomic E-state index is 0.746. The fraction of sp³-hybridized carbons (Fsp3) is 0.0345. The molecule has 0 atom stereocenters. The molecule has 0 amide bonds. The lowest BCUT2D eigenvalue weighted by Gasteiger charge is -2.12. The zero-order valence-electron chi connectivity index (χ0n) is 18.4. The Morgan fingerprint density at radius 2 is 1.62 bits per heavy atom. The van der Waals surface area contributed by atoms with Gasteiger partial charge >= 0.3 is 0 Å². The Kier molecular flexibility index (Phi) is 5.24. The van der Waals surface area contributed by atoms with Crippen molar-refractivity contribution in [2.75, 3.05) is 5.73 Å². The van der Waals surface area contributed by atoms with Crippen LogP contribution < -0.4 is 5.73 Å². The molecule has 34 heavy (non-hydrogen) atoms. The minimum Gasteiger partial charge on any atom is -0.399 e. The Morgan fingerprint density at radius 3 is 2.41 bits per heavy atom. The number of fused-ring (bicyclic) bond motifs is 3. The summed E-state index contributed by atoms with van der Waals surface area (Å²) in [6, 6.07) is 29.3. The number of benzene rings is 3. The van der Waals surface area contributed by atoms with Gasteiger partial charge in [0.1, 0.15) is 5.65 Å². The number of nitrogen functional groups attached to an aromatic ring is 1. The van der Waals surface area contributed by atoms with Gasteiger partial charge in [0, 0.05) is 62.3 Å². The maximum atomic E-state index is 5.96. The van der Waals surface area contributed by atoms with Crippen molar-refractivity contribution in [3.05, 3.63) is 109 Å². The first-order valence-electron chi connectivity index (χ1n) is 11.1. The van der Waals surface area contributed by atoms with Crippen LogP contribution in [0.5, 0.6) is 0 Å². The molecule has 0 aliphatic carbocycles. The van der Waals surface area contributed by atoms with Crippen LogP contribution in [0.2, 0.25) is 0 Å². The minimum atomic E-state index is 0.746. The van der Waals surface area contributed by atoms with Gasteiger partial charge in [-0.25, -0.2) is 4.98 Å². The van der Waals surface area contributed by atoms with Crippen LogP contribution in [0.15, 0.2) is 108 Å². The molecule has 0 aliphatic rings. The molecule has 3 heterocycles. The molecule has 5 heteroatoms. The summed E-state index contributed by atoms with van der Waals surface area (Å²) in [6.07, 6.45) is 5.63. The second-order valence-electron chi connectivity index (χ2n) is 8.24. The van der Waals surface area contributed by atoms with Crippen LogP contribution in [-0.4, -0.2) is 15.0 Å². The maximum Gasteiger partial charge on any atom is 0.138 e. The molecule has 0 bridgehead atoms. The lowest BCUT2D eigenvalue weighted by molar-refractivity contribution is 1.32. The average molecular weight is 459 g/mol. The summed E-state index contributed by atoms with van der Waals surface area (Å²) >= 11 is 1.85. The zero-order chi connectivity index (χ0) is 22.9. The number of hydrogen-bond acceptors (Lipinski definition) is 4. The topological polar surface area (TPSA) is 67.6 Å². The van der Waals surface area contributed by atoms with E-state index in [1.165, 1.54) is 15.8 Å². The molecule has 3 aromatic carbocycles. The summed E-state index contributed by atoms with van der Waals surface area (Å²) in [7, 11) is 0. The first-order valence-corrected chi connectivity index (χ1v) is 12.1. The second kappa shape index (κ2) is 8.69. The third-order valence-electron chi connectivity index (χ3n) is 6.02. The Bertz CT molecular complexity index is 1590. The smallest absolute Gasteiger partial charge is 0.138 e. The van der Waals surface area contributed by atoms with E-state index in [9.17, 15) is 0 Å². The summed E-state index contributed by atoms with van der Waals surface area (Å²) in [5, 5.41) is 2.31. The van der Waals surface area contributed by atoms with Gasteiger partial charge in [-0.15, -0.1) is 11.8 Å². The molecule has 0 spiro atoms. The van der Waals surface area contributed by atoms with E-state index in [1.807, 2.05) is 48.6 Å². The van der Waals surface area contributed by atoms with Gasteiger partial charge in [0.2, 0.25) is 0 Å². The van der Waals surface area contributed by atoms with Gasteiger partial charge < -0.3 is 10.7 Å². The van der Waals surface area contributed by atoms with E-state index in [1.54, 1.807) is 0 Å². The molecule has 0 aliphatic heterocycles. The van der Waals surface area contributed by atoms with Crippen molar-refractivity contribution in [2.24, 2.45) is 0 Å². The fourth-order valence-electron chi connectivity index (χ4n) is 4.38. The van der Waals surface area contributed by atoms with Crippen molar-refractivity contribution in [3.63, 3.8) is 0 Å². The Labute approximate surface area is 201 Å². The summed E-state index contributed by atoms with van der Waals surface area (Å²) in [5.74, 6) is 0.905. The number of nitrogens with two attached hydrogens (primary N) is 1. The van der Waals surface area contributed by atoms with Crippen LogP contribution in [0.1, 0.15) is 5.56 Å². The monoisotopic (exact) mass is 458 g/mol. The Hall–Kier alpha value is -4.09. The first kappa shape index (κ1) is 20.5. The number of anilines is 1. The number of pyridine rings is 2. The van der Waals surface area contributed by atoms with Crippen molar-refractivity contribution in [1.29, 1.82) is 0 Å². The maximum absolute atomic E-state index is 5.96. The Morgan fingerprint density at radius 1 is 0.824 bits per heavy atom. The molecule has 0 fully saturated rings. The molecule has 6 rings (SSSR count). The molecular formula is C29H22N4S. The predicted molar refractivity (Wildman–Crippen MR) is 143 cm³/mol. The van der Waals surface area contributed by atoms with E-state index in [2.05, 4.69) is 76.7 Å². The molecule has 4 nitrogen and oxygen atoms in total. The van der Waals surface area contributed by atoms with Crippen molar-refractivity contribution in [1.82, 2.24) is 15.0 Å². The van der Waals surface area contributed by atoms with Crippen LogP contribution in [0.4, 0.5) is 5.69 Å². The first-order chi connectivity index (χ1) is 16.8. The number of nitrogens with zero attached hydrogens (tertiary/aromatic N) is 2. The molecule has 6 aromatic rings. The van der Waals surface area contributed by atoms with Crippen molar-refractivity contribution in [3.8, 4) is 22.3 Å². The van der Waals surface area contributed by atoms with Crippen LogP contribution >= 0.6 is 11.8 Å². The third-order valence-corrected chi connectivity index (χ3v) is 7.11. The van der Waals surface area contributed by atoms with Crippen molar-refractivity contribution < 1.29 is 0 Å². The number of aromatic nitrogens is 3. The third kappa shape index (κ3) is 3.80. The van der Waals surface area contributed by atoms with E-state index < -0.39 is 0 Å². The van der Waals surface area contributed by atoms with Gasteiger partial charge in [0.15, 0.2) is 0 Å². The van der Waals surface area contributed by atoms with Gasteiger partial charge in [0.05, 0.1) is 0 Å². The number of rotatable bonds is 5. The van der Waals surface area contributed by atoms with Crippen molar-refractivity contribution >= 4 is 39.4 Å². The highest BCUT2D eigenvalue weighted by Crippen LogP contribution is 2.41. The number of nitrogens with one attached hydrogen (secondary N) is 1. The molecule has 3 aromatic heterocycles. The number of aromatic amines is 1. The number of thioether (sulfide) groups is 1. The van der Waals surface area contributed by atoms with Gasteiger partial charge in [-0.3, -0.25) is 4.98 Å². The summed E-state index contributed by atoms with van der Waals surface area (Å²) in [4.78, 5) is 13.9. The highest BCUT2D eigenvalue weighted by atomic mass is 32.2. The largest absolute Gasteiger partial charge is 0.399 e. The average Bonchev–Trinajstić information content (AvgIpc) is 3.26. The molecule has 0 radical (unpaired) electrons. The molecule has 0 unspecified atom stereocenters. The standard InChI is InChI=1S/C29H22N4S/c30-22-9-7-20(8-10-22)25-17-32-29-28(27(25)21-12-14-31-15-13-21)24-16-19(6-11-26(24)33-29)18-34-23-4-2-1-3-5-23/h1-17H,18,30H2,(H,32,33). The molecular weight excluding hydrogens is 436 g/mol. The van der Waals surface area contributed by atoms with Crippen LogP contribution in [0, 0.1) is 0 Å². The van der Waals surface area contributed by atoms with Gasteiger partial charge in [-0.2, -0.15) is 0 Å². The van der Waals surface area contributed by atoms with Gasteiger partial charge in [0.25, 0.3) is 0 Å². The predicted octanol–water partition coefficient (Wildman–Crippen LogP) is 7.32. The highest BCUT2D eigenvalue weighted by Gasteiger charge is 2.17. The summed E-state index contributed by atoms with van der Waals surface area (Å²) in [5.41, 5.74) is 14.4. The van der Waals surface area contributed by atoms with Crippen LogP contribution in [-0.2, 0) is 5.75 Å². The normalized spacial score (nSPS) is 11.3. The quantitative estimate of drug-likeness (QED) is 0.210.